The number of hydrogen-bond donors (Lipinski definition) is 1. The van der Waals surface area contributed by atoms with Crippen LogP contribution in [0.2, 0.25) is 0 Å². The Kier molecular flexibility index (Phi) is 4.37. The van der Waals surface area contributed by atoms with Gasteiger partial charge in [-0.15, -0.1) is 5.10 Å². The molecular formula is C16H15N5O3. The molecule has 0 unspecified atom stereocenters. The average molecular weight is 325 g/mol. The van der Waals surface area contributed by atoms with E-state index in [1.165, 1.54) is 18.1 Å². The second-order valence-corrected chi connectivity index (χ2v) is 4.83. The molecule has 122 valence electrons. The molecule has 0 saturated carbocycles. The van der Waals surface area contributed by atoms with Gasteiger partial charge in [-0.2, -0.15) is 0 Å². The van der Waals surface area contributed by atoms with Gasteiger partial charge in [-0.3, -0.25) is 4.79 Å². The fourth-order valence-corrected chi connectivity index (χ4v) is 2.19. The highest BCUT2D eigenvalue weighted by atomic mass is 16.5. The van der Waals surface area contributed by atoms with Crippen molar-refractivity contribution in [1.82, 2.24) is 20.2 Å². The number of methoxy groups -OCH3 is 2. The zero-order chi connectivity index (χ0) is 16.9. The number of amides is 1. The number of anilines is 1. The first-order chi connectivity index (χ1) is 11.7. The minimum Gasteiger partial charge on any atom is -0.497 e. The van der Waals surface area contributed by atoms with Crippen molar-refractivity contribution in [1.29, 1.82) is 0 Å². The van der Waals surface area contributed by atoms with Crippen LogP contribution in [0.3, 0.4) is 0 Å². The first-order valence-electron chi connectivity index (χ1n) is 7.08. The van der Waals surface area contributed by atoms with Crippen molar-refractivity contribution >= 4 is 11.6 Å². The van der Waals surface area contributed by atoms with Gasteiger partial charge in [-0.25, -0.2) is 4.68 Å². The molecule has 0 bridgehead atoms. The van der Waals surface area contributed by atoms with Gasteiger partial charge in [0.2, 0.25) is 0 Å². The number of tetrazole rings is 1. The van der Waals surface area contributed by atoms with Crippen molar-refractivity contribution in [2.24, 2.45) is 0 Å². The molecule has 1 heterocycles. The fourth-order valence-electron chi connectivity index (χ4n) is 2.19. The Bertz CT molecular complexity index is 849. The standard InChI is InChI=1S/C16H15N5O3/c1-23-13-6-7-14(15(9-13)24-2)16(22)18-11-4-3-5-12(8-11)21-10-17-19-20-21/h3-10H,1-2H3,(H,18,22). The maximum atomic E-state index is 12.5. The van der Waals surface area contributed by atoms with Gasteiger partial charge in [0, 0.05) is 11.8 Å². The summed E-state index contributed by atoms with van der Waals surface area (Å²) < 4.78 is 11.9. The third-order valence-corrected chi connectivity index (χ3v) is 3.37. The summed E-state index contributed by atoms with van der Waals surface area (Å²) in [6.45, 7) is 0. The van der Waals surface area contributed by atoms with Crippen LogP contribution in [0.5, 0.6) is 11.5 Å². The van der Waals surface area contributed by atoms with E-state index in [1.54, 1.807) is 43.5 Å². The van der Waals surface area contributed by atoms with Crippen LogP contribution >= 0.6 is 0 Å². The Balaban J connectivity index is 1.84. The lowest BCUT2D eigenvalue weighted by atomic mass is 10.1. The van der Waals surface area contributed by atoms with E-state index in [-0.39, 0.29) is 5.91 Å². The van der Waals surface area contributed by atoms with Crippen molar-refractivity contribution in [2.75, 3.05) is 19.5 Å². The third-order valence-electron chi connectivity index (χ3n) is 3.37. The van der Waals surface area contributed by atoms with Gasteiger partial charge in [-0.1, -0.05) is 6.07 Å². The largest absolute Gasteiger partial charge is 0.497 e. The molecule has 8 heteroatoms. The van der Waals surface area contributed by atoms with Crippen LogP contribution in [-0.2, 0) is 0 Å². The zero-order valence-corrected chi connectivity index (χ0v) is 13.1. The molecule has 1 aromatic heterocycles. The quantitative estimate of drug-likeness (QED) is 0.771. The second kappa shape index (κ2) is 6.78. The highest BCUT2D eigenvalue weighted by molar-refractivity contribution is 6.06. The fraction of sp³-hybridized carbons (Fsp3) is 0.125. The second-order valence-electron chi connectivity index (χ2n) is 4.83. The molecule has 1 N–H and O–H groups in total. The van der Waals surface area contributed by atoms with Gasteiger partial charge in [0.15, 0.2) is 0 Å². The molecule has 0 atom stereocenters. The molecule has 1 amide bonds. The highest BCUT2D eigenvalue weighted by Crippen LogP contribution is 2.25. The van der Waals surface area contributed by atoms with Crippen LogP contribution < -0.4 is 14.8 Å². The Morgan fingerprint density at radius 2 is 2.00 bits per heavy atom. The molecule has 3 aromatic rings. The van der Waals surface area contributed by atoms with Gasteiger partial charge in [0.1, 0.15) is 17.8 Å². The van der Waals surface area contributed by atoms with E-state index in [0.29, 0.717) is 22.7 Å². The SMILES string of the molecule is COc1ccc(C(=O)Nc2cccc(-n3cnnn3)c2)c(OC)c1. The number of nitrogens with one attached hydrogen (secondary N) is 1. The lowest BCUT2D eigenvalue weighted by molar-refractivity contribution is 0.102. The van der Waals surface area contributed by atoms with E-state index in [4.69, 9.17) is 9.47 Å². The third kappa shape index (κ3) is 3.17. The van der Waals surface area contributed by atoms with E-state index in [9.17, 15) is 4.79 Å². The number of nitrogens with zero attached hydrogens (tertiary/aromatic N) is 4. The molecule has 0 spiro atoms. The van der Waals surface area contributed by atoms with Gasteiger partial charge in [-0.05, 0) is 40.8 Å². The van der Waals surface area contributed by atoms with Gasteiger partial charge in [0.05, 0.1) is 25.5 Å². The summed E-state index contributed by atoms with van der Waals surface area (Å²) in [6, 6.07) is 12.2. The van der Waals surface area contributed by atoms with E-state index in [0.717, 1.165) is 5.69 Å². The van der Waals surface area contributed by atoms with Crippen LogP contribution in [0.15, 0.2) is 48.8 Å². The maximum absolute atomic E-state index is 12.5. The number of hydrogen-bond acceptors (Lipinski definition) is 6. The molecule has 0 aliphatic carbocycles. The van der Waals surface area contributed by atoms with Crippen molar-refractivity contribution in [2.45, 2.75) is 0 Å². The predicted octanol–water partition coefficient (Wildman–Crippen LogP) is 1.93. The minimum absolute atomic E-state index is 0.289. The predicted molar refractivity (Wildman–Crippen MR) is 86.7 cm³/mol. The number of benzene rings is 2. The van der Waals surface area contributed by atoms with Gasteiger partial charge in [0.25, 0.3) is 5.91 Å². The van der Waals surface area contributed by atoms with Crippen molar-refractivity contribution in [3.05, 3.63) is 54.4 Å². The first kappa shape index (κ1) is 15.5. The Morgan fingerprint density at radius 1 is 1.12 bits per heavy atom. The van der Waals surface area contributed by atoms with Crippen molar-refractivity contribution in [3.63, 3.8) is 0 Å². The van der Waals surface area contributed by atoms with Crippen LogP contribution in [0.25, 0.3) is 5.69 Å². The van der Waals surface area contributed by atoms with Crippen LogP contribution in [0.1, 0.15) is 10.4 Å². The zero-order valence-electron chi connectivity index (χ0n) is 13.1. The lowest BCUT2D eigenvalue weighted by Crippen LogP contribution is -2.13. The molecular weight excluding hydrogens is 310 g/mol. The monoisotopic (exact) mass is 325 g/mol. The molecule has 0 aliphatic rings. The highest BCUT2D eigenvalue weighted by Gasteiger charge is 2.14. The summed E-state index contributed by atoms with van der Waals surface area (Å²) in [5.41, 5.74) is 1.76. The summed E-state index contributed by atoms with van der Waals surface area (Å²) >= 11 is 0. The molecule has 2 aromatic carbocycles. The summed E-state index contributed by atoms with van der Waals surface area (Å²) in [7, 11) is 3.06. The van der Waals surface area contributed by atoms with Crippen LogP contribution in [0.4, 0.5) is 5.69 Å². The molecule has 0 aliphatic heterocycles. The Morgan fingerprint density at radius 3 is 2.71 bits per heavy atom. The van der Waals surface area contributed by atoms with E-state index in [1.807, 2.05) is 6.07 Å². The number of aromatic nitrogens is 4. The summed E-state index contributed by atoms with van der Waals surface area (Å²) in [5, 5.41) is 13.8. The average Bonchev–Trinajstić information content (AvgIpc) is 3.16. The molecule has 8 nitrogen and oxygen atoms in total. The van der Waals surface area contributed by atoms with E-state index >= 15 is 0 Å². The number of carbonyl (C=O) groups is 1. The number of rotatable bonds is 5. The van der Waals surface area contributed by atoms with Gasteiger partial charge >= 0.3 is 0 Å². The number of carbonyl (C=O) groups excluding carboxylic acids is 1. The normalized spacial score (nSPS) is 10.2. The van der Waals surface area contributed by atoms with Crippen molar-refractivity contribution in [3.8, 4) is 17.2 Å². The molecule has 0 radical (unpaired) electrons. The van der Waals surface area contributed by atoms with E-state index < -0.39 is 0 Å². The number of ether oxygens (including phenoxy) is 2. The van der Waals surface area contributed by atoms with Crippen molar-refractivity contribution < 1.29 is 14.3 Å². The molecule has 0 fully saturated rings. The minimum atomic E-state index is -0.289. The van der Waals surface area contributed by atoms with E-state index in [2.05, 4.69) is 20.8 Å². The van der Waals surface area contributed by atoms with Crippen LogP contribution in [0, 0.1) is 0 Å². The lowest BCUT2D eigenvalue weighted by Gasteiger charge is -2.11. The van der Waals surface area contributed by atoms with Crippen LogP contribution in [-0.4, -0.2) is 40.3 Å². The maximum Gasteiger partial charge on any atom is 0.259 e. The Labute approximate surface area is 138 Å². The molecule has 0 saturated heterocycles. The summed E-state index contributed by atoms with van der Waals surface area (Å²) in [4.78, 5) is 12.5. The first-order valence-corrected chi connectivity index (χ1v) is 7.08. The Hall–Kier alpha value is -3.42. The molecule has 3 rings (SSSR count). The molecule has 24 heavy (non-hydrogen) atoms. The summed E-state index contributed by atoms with van der Waals surface area (Å²) in [6.07, 6.45) is 1.48. The smallest absolute Gasteiger partial charge is 0.259 e. The van der Waals surface area contributed by atoms with Gasteiger partial charge < -0.3 is 14.8 Å². The summed E-state index contributed by atoms with van der Waals surface area (Å²) in [5.74, 6) is 0.760. The topological polar surface area (TPSA) is 91.2 Å².